The Morgan fingerprint density at radius 2 is 1.72 bits per heavy atom. The van der Waals surface area contributed by atoms with Crippen LogP contribution in [0.2, 0.25) is 0 Å². The fraction of sp³-hybridized carbons (Fsp3) is 0.304. The molecule has 0 N–H and O–H groups in total. The quantitative estimate of drug-likeness (QED) is 0.386. The first-order chi connectivity index (χ1) is 15.5. The van der Waals surface area contributed by atoms with Crippen molar-refractivity contribution in [3.05, 3.63) is 58.4 Å². The van der Waals surface area contributed by atoms with Crippen LogP contribution in [0.5, 0.6) is 5.75 Å². The predicted molar refractivity (Wildman–Crippen MR) is 120 cm³/mol. The zero-order valence-electron chi connectivity index (χ0n) is 17.9. The van der Waals surface area contributed by atoms with Crippen molar-refractivity contribution < 1.29 is 23.9 Å². The van der Waals surface area contributed by atoms with E-state index in [9.17, 15) is 14.4 Å². The first kappa shape index (κ1) is 21.9. The molecule has 0 spiro atoms. The largest absolute Gasteiger partial charge is 0.492 e. The summed E-state index contributed by atoms with van der Waals surface area (Å²) in [5.74, 6) is -0.831. The summed E-state index contributed by atoms with van der Waals surface area (Å²) >= 11 is 1.35. The van der Waals surface area contributed by atoms with Gasteiger partial charge in [0, 0.05) is 13.2 Å². The van der Waals surface area contributed by atoms with Gasteiger partial charge in [-0.25, -0.2) is 0 Å². The molecular weight excluding hydrogens is 430 g/mol. The second-order valence-electron chi connectivity index (χ2n) is 7.02. The van der Waals surface area contributed by atoms with Gasteiger partial charge >= 0.3 is 0 Å². The standard InChI is InChI=1S/C23H23N3O5S/c1-3-30-13-12-25-20-17(31-4-2)10-7-11-18(20)32-23(25)24-19(27)14-26-21(28)15-8-5-6-9-16(15)22(26)29/h5-11H,3-4,12-14H2,1-2H3. The summed E-state index contributed by atoms with van der Waals surface area (Å²) < 4.78 is 14.1. The number of benzene rings is 2. The second-order valence-corrected chi connectivity index (χ2v) is 8.03. The van der Waals surface area contributed by atoms with Gasteiger partial charge in [0.1, 0.15) is 17.8 Å². The number of amides is 3. The maximum atomic E-state index is 12.8. The lowest BCUT2D eigenvalue weighted by Crippen LogP contribution is -2.35. The topological polar surface area (TPSA) is 90.2 Å². The van der Waals surface area contributed by atoms with Crippen LogP contribution in [0.25, 0.3) is 10.2 Å². The number of imide groups is 1. The maximum absolute atomic E-state index is 12.8. The monoisotopic (exact) mass is 453 g/mol. The lowest BCUT2D eigenvalue weighted by atomic mass is 10.1. The number of nitrogens with zero attached hydrogens (tertiary/aromatic N) is 3. The molecule has 9 heteroatoms. The zero-order chi connectivity index (χ0) is 22.7. The van der Waals surface area contributed by atoms with Crippen molar-refractivity contribution in [1.82, 2.24) is 9.47 Å². The van der Waals surface area contributed by atoms with E-state index in [1.54, 1.807) is 24.3 Å². The number of fused-ring (bicyclic) bond motifs is 2. The molecule has 0 saturated heterocycles. The molecule has 32 heavy (non-hydrogen) atoms. The van der Waals surface area contributed by atoms with Crippen LogP contribution < -0.4 is 9.54 Å². The Bertz CT molecular complexity index is 1220. The van der Waals surface area contributed by atoms with Crippen LogP contribution in [0.15, 0.2) is 47.5 Å². The minimum absolute atomic E-state index is 0.306. The summed E-state index contributed by atoms with van der Waals surface area (Å²) in [6, 6.07) is 12.2. The van der Waals surface area contributed by atoms with Gasteiger partial charge in [-0.2, -0.15) is 4.99 Å². The molecule has 0 aliphatic carbocycles. The first-order valence-electron chi connectivity index (χ1n) is 10.4. The van der Waals surface area contributed by atoms with Gasteiger partial charge in [0.15, 0.2) is 4.80 Å². The molecule has 8 nitrogen and oxygen atoms in total. The van der Waals surface area contributed by atoms with Crippen LogP contribution in [0, 0.1) is 0 Å². The van der Waals surface area contributed by atoms with E-state index < -0.39 is 24.3 Å². The number of aromatic nitrogens is 1. The van der Waals surface area contributed by atoms with E-state index in [0.29, 0.717) is 48.0 Å². The SMILES string of the molecule is CCOCCn1c(=NC(=O)CN2C(=O)c3ccccc3C2=O)sc2cccc(OCC)c21. The highest BCUT2D eigenvalue weighted by atomic mass is 32.1. The van der Waals surface area contributed by atoms with Gasteiger partial charge in [-0.3, -0.25) is 19.3 Å². The minimum Gasteiger partial charge on any atom is -0.492 e. The molecule has 1 aliphatic heterocycles. The Morgan fingerprint density at radius 1 is 1.00 bits per heavy atom. The number of thiazole rings is 1. The van der Waals surface area contributed by atoms with Crippen LogP contribution in [0.3, 0.4) is 0 Å². The molecule has 166 valence electrons. The Balaban J connectivity index is 1.68. The Kier molecular flexibility index (Phi) is 6.48. The van der Waals surface area contributed by atoms with E-state index in [-0.39, 0.29) is 0 Å². The molecule has 0 atom stereocenters. The number of ether oxygens (including phenoxy) is 2. The molecule has 2 aromatic carbocycles. The highest BCUT2D eigenvalue weighted by Crippen LogP contribution is 2.28. The summed E-state index contributed by atoms with van der Waals surface area (Å²) in [6.45, 7) is 5.42. The fourth-order valence-corrected chi connectivity index (χ4v) is 4.71. The third-order valence-corrected chi connectivity index (χ3v) is 6.06. The number of carbonyl (C=O) groups is 3. The van der Waals surface area contributed by atoms with Crippen LogP contribution in [-0.2, 0) is 16.1 Å². The summed E-state index contributed by atoms with van der Waals surface area (Å²) in [7, 11) is 0. The normalized spacial score (nSPS) is 13.8. The van der Waals surface area contributed by atoms with Crippen molar-refractivity contribution in [2.75, 3.05) is 26.4 Å². The summed E-state index contributed by atoms with van der Waals surface area (Å²) in [6.07, 6.45) is 0. The predicted octanol–water partition coefficient (Wildman–Crippen LogP) is 2.86. The van der Waals surface area contributed by atoms with Gasteiger partial charge in [-0.15, -0.1) is 0 Å². The van der Waals surface area contributed by atoms with Crippen molar-refractivity contribution in [3.63, 3.8) is 0 Å². The van der Waals surface area contributed by atoms with Crippen LogP contribution >= 0.6 is 11.3 Å². The van der Waals surface area contributed by atoms with Gasteiger partial charge in [0.2, 0.25) is 0 Å². The van der Waals surface area contributed by atoms with E-state index >= 15 is 0 Å². The van der Waals surface area contributed by atoms with Crippen molar-refractivity contribution >= 4 is 39.3 Å². The molecule has 2 heterocycles. The second kappa shape index (κ2) is 9.46. The van der Waals surface area contributed by atoms with Gasteiger partial charge in [0.05, 0.1) is 29.0 Å². The molecule has 4 rings (SSSR count). The molecule has 3 aromatic rings. The summed E-state index contributed by atoms with van der Waals surface area (Å²) in [5.41, 5.74) is 1.45. The number of para-hydroxylation sites is 1. The van der Waals surface area contributed by atoms with Crippen LogP contribution in [0.1, 0.15) is 34.6 Å². The van der Waals surface area contributed by atoms with E-state index in [1.165, 1.54) is 11.3 Å². The van der Waals surface area contributed by atoms with E-state index in [0.717, 1.165) is 15.1 Å². The average Bonchev–Trinajstić information content (AvgIpc) is 3.25. The smallest absolute Gasteiger partial charge is 0.268 e. The number of hydrogen-bond acceptors (Lipinski definition) is 6. The maximum Gasteiger partial charge on any atom is 0.268 e. The Morgan fingerprint density at radius 3 is 2.38 bits per heavy atom. The van der Waals surface area contributed by atoms with E-state index in [1.807, 2.05) is 36.6 Å². The summed E-state index contributed by atoms with van der Waals surface area (Å²) in [4.78, 5) is 43.6. The fourth-order valence-electron chi connectivity index (χ4n) is 3.62. The first-order valence-corrected chi connectivity index (χ1v) is 11.2. The van der Waals surface area contributed by atoms with Gasteiger partial charge in [-0.05, 0) is 38.1 Å². The van der Waals surface area contributed by atoms with Crippen molar-refractivity contribution in [2.24, 2.45) is 4.99 Å². The molecule has 3 amide bonds. The molecule has 1 aliphatic rings. The Labute approximate surface area is 188 Å². The average molecular weight is 454 g/mol. The van der Waals surface area contributed by atoms with Crippen molar-refractivity contribution in [3.8, 4) is 5.75 Å². The highest BCUT2D eigenvalue weighted by molar-refractivity contribution is 7.16. The summed E-state index contributed by atoms with van der Waals surface area (Å²) in [5, 5.41) is 0. The van der Waals surface area contributed by atoms with E-state index in [4.69, 9.17) is 9.47 Å². The Hall–Kier alpha value is -3.30. The lowest BCUT2D eigenvalue weighted by molar-refractivity contribution is -0.118. The molecule has 0 fully saturated rings. The van der Waals surface area contributed by atoms with Gasteiger partial charge < -0.3 is 14.0 Å². The highest BCUT2D eigenvalue weighted by Gasteiger charge is 2.36. The van der Waals surface area contributed by atoms with Gasteiger partial charge in [0.25, 0.3) is 17.7 Å². The minimum atomic E-state index is -0.575. The van der Waals surface area contributed by atoms with Crippen molar-refractivity contribution in [2.45, 2.75) is 20.4 Å². The molecule has 1 aromatic heterocycles. The molecular formula is C23H23N3O5S. The third-order valence-electron chi connectivity index (χ3n) is 5.02. The number of carbonyl (C=O) groups excluding carboxylic acids is 3. The van der Waals surface area contributed by atoms with Gasteiger partial charge in [-0.1, -0.05) is 29.5 Å². The number of rotatable bonds is 8. The number of hydrogen-bond donors (Lipinski definition) is 0. The van der Waals surface area contributed by atoms with E-state index in [2.05, 4.69) is 4.99 Å². The molecule has 0 saturated carbocycles. The third kappa shape index (κ3) is 4.09. The van der Waals surface area contributed by atoms with Crippen LogP contribution in [0.4, 0.5) is 0 Å². The lowest BCUT2D eigenvalue weighted by Gasteiger charge is -2.11. The zero-order valence-corrected chi connectivity index (χ0v) is 18.7. The molecule has 0 bridgehead atoms. The van der Waals surface area contributed by atoms with Crippen molar-refractivity contribution in [1.29, 1.82) is 0 Å². The van der Waals surface area contributed by atoms with Crippen LogP contribution in [-0.4, -0.2) is 53.6 Å². The molecule has 0 unspecified atom stereocenters. The molecule has 0 radical (unpaired) electrons.